The van der Waals surface area contributed by atoms with Crippen LogP contribution in [-0.4, -0.2) is 31.0 Å². The van der Waals surface area contributed by atoms with Gasteiger partial charge in [-0.2, -0.15) is 5.10 Å². The van der Waals surface area contributed by atoms with E-state index < -0.39 is 5.97 Å². The molecule has 5 nitrogen and oxygen atoms in total. The Morgan fingerprint density at radius 1 is 1.41 bits per heavy atom. The first-order valence-corrected chi connectivity index (χ1v) is 5.32. The fourth-order valence-electron chi connectivity index (χ4n) is 1.52. The Morgan fingerprint density at radius 2 is 2.18 bits per heavy atom. The van der Waals surface area contributed by atoms with Gasteiger partial charge in [0, 0.05) is 13.0 Å². The average Bonchev–Trinajstić information content (AvgIpc) is 2.85. The van der Waals surface area contributed by atoms with Crippen LogP contribution >= 0.6 is 0 Å². The highest BCUT2D eigenvalue weighted by Crippen LogP contribution is 2.08. The van der Waals surface area contributed by atoms with Crippen molar-refractivity contribution < 1.29 is 9.53 Å². The van der Waals surface area contributed by atoms with Gasteiger partial charge in [0.25, 0.3) is 0 Å². The van der Waals surface area contributed by atoms with Crippen LogP contribution in [0.25, 0.3) is 0 Å². The monoisotopic (exact) mass is 231 g/mol. The van der Waals surface area contributed by atoms with Gasteiger partial charge in [0.1, 0.15) is 0 Å². The van der Waals surface area contributed by atoms with Gasteiger partial charge in [-0.1, -0.05) is 18.2 Å². The Balaban J connectivity index is 2.08. The number of aliphatic imine (C=N–C) groups is 1. The van der Waals surface area contributed by atoms with Crippen LogP contribution in [0, 0.1) is 0 Å². The number of carbonyl (C=O) groups is 1. The number of nitrogens with zero attached hydrogens (tertiary/aromatic N) is 2. The van der Waals surface area contributed by atoms with Gasteiger partial charge in [-0.05, 0) is 12.1 Å². The maximum atomic E-state index is 11.4. The predicted molar refractivity (Wildman–Crippen MR) is 66.4 cm³/mol. The lowest BCUT2D eigenvalue weighted by atomic mass is 10.2. The quantitative estimate of drug-likeness (QED) is 0.633. The van der Waals surface area contributed by atoms with Crippen molar-refractivity contribution in [1.29, 1.82) is 0 Å². The molecule has 0 aromatic heterocycles. The number of benzene rings is 1. The van der Waals surface area contributed by atoms with Crippen molar-refractivity contribution in [3.05, 3.63) is 30.3 Å². The molecule has 1 heterocycles. The largest absolute Gasteiger partial charge is 0.464 e. The van der Waals surface area contributed by atoms with Crippen LogP contribution in [-0.2, 0) is 9.53 Å². The molecule has 88 valence electrons. The molecule has 5 heteroatoms. The summed E-state index contributed by atoms with van der Waals surface area (Å²) in [6, 6.07) is 9.54. The Labute approximate surface area is 99.2 Å². The van der Waals surface area contributed by atoms with E-state index >= 15 is 0 Å². The number of esters is 1. The fourth-order valence-corrected chi connectivity index (χ4v) is 1.52. The number of methoxy groups -OCH3 is 1. The summed E-state index contributed by atoms with van der Waals surface area (Å²) in [4.78, 5) is 15.4. The van der Waals surface area contributed by atoms with Crippen molar-refractivity contribution in [2.75, 3.05) is 19.1 Å². The normalized spacial score (nSPS) is 16.8. The molecule has 17 heavy (non-hydrogen) atoms. The highest BCUT2D eigenvalue weighted by molar-refractivity contribution is 6.66. The Kier molecular flexibility index (Phi) is 3.49. The minimum atomic E-state index is -0.434. The molecule has 2 rings (SSSR count). The van der Waals surface area contributed by atoms with Crippen LogP contribution in [0.15, 0.2) is 40.4 Å². The summed E-state index contributed by atoms with van der Waals surface area (Å²) in [5, 5.41) is 4.18. The molecule has 0 bridgehead atoms. The number of nitrogens with one attached hydrogen (secondary N) is 1. The molecule has 1 aromatic carbocycles. The summed E-state index contributed by atoms with van der Waals surface area (Å²) in [5.41, 5.74) is 4.72. The molecule has 0 saturated heterocycles. The van der Waals surface area contributed by atoms with Gasteiger partial charge in [0.2, 0.25) is 0 Å². The highest BCUT2D eigenvalue weighted by atomic mass is 16.5. The standard InChI is InChI=1S/C12H13N3O2/c1-17-12(16)11-10(7-8-13-11)15-14-9-5-3-2-4-6-9/h2-6,14H,7-8H2,1H3/b15-10-. The van der Waals surface area contributed by atoms with Crippen LogP contribution in [0.3, 0.4) is 0 Å². The van der Waals surface area contributed by atoms with Crippen LogP contribution in [0.1, 0.15) is 6.42 Å². The fraction of sp³-hybridized carbons (Fsp3) is 0.250. The first kappa shape index (κ1) is 11.3. The van der Waals surface area contributed by atoms with Gasteiger partial charge >= 0.3 is 5.97 Å². The zero-order valence-electron chi connectivity index (χ0n) is 9.51. The molecule has 0 fully saturated rings. The van der Waals surface area contributed by atoms with Crippen LogP contribution in [0.4, 0.5) is 5.69 Å². The molecule has 1 N–H and O–H groups in total. The summed E-state index contributed by atoms with van der Waals surface area (Å²) in [7, 11) is 1.34. The number of anilines is 1. The third kappa shape index (κ3) is 2.69. The molecular formula is C12H13N3O2. The first-order valence-electron chi connectivity index (χ1n) is 5.32. The second-order valence-corrected chi connectivity index (χ2v) is 3.51. The molecule has 0 radical (unpaired) electrons. The number of hydrogen-bond donors (Lipinski definition) is 1. The summed E-state index contributed by atoms with van der Waals surface area (Å²) >= 11 is 0. The topological polar surface area (TPSA) is 63.0 Å². The Morgan fingerprint density at radius 3 is 2.88 bits per heavy atom. The van der Waals surface area contributed by atoms with E-state index in [1.165, 1.54) is 7.11 Å². The summed E-state index contributed by atoms with van der Waals surface area (Å²) in [6.45, 7) is 0.583. The predicted octanol–water partition coefficient (Wildman–Crippen LogP) is 1.47. The lowest BCUT2D eigenvalue weighted by molar-refractivity contribution is -0.132. The maximum absolute atomic E-state index is 11.4. The van der Waals surface area contributed by atoms with Gasteiger partial charge in [0.15, 0.2) is 5.71 Å². The minimum absolute atomic E-state index is 0.316. The molecule has 1 aliphatic heterocycles. The van der Waals surface area contributed by atoms with Crippen molar-refractivity contribution in [3.8, 4) is 0 Å². The second kappa shape index (κ2) is 5.25. The van der Waals surface area contributed by atoms with Crippen LogP contribution in [0.2, 0.25) is 0 Å². The van der Waals surface area contributed by atoms with E-state index in [1.807, 2.05) is 30.3 Å². The van der Waals surface area contributed by atoms with E-state index in [0.29, 0.717) is 24.4 Å². The van der Waals surface area contributed by atoms with E-state index in [0.717, 1.165) is 5.69 Å². The van der Waals surface area contributed by atoms with Gasteiger partial charge in [0.05, 0.1) is 18.5 Å². The SMILES string of the molecule is COC(=O)C1=NCC/C1=N/Nc1ccccc1. The van der Waals surface area contributed by atoms with E-state index in [-0.39, 0.29) is 0 Å². The van der Waals surface area contributed by atoms with E-state index in [9.17, 15) is 4.79 Å². The van der Waals surface area contributed by atoms with Crippen molar-refractivity contribution in [1.82, 2.24) is 0 Å². The van der Waals surface area contributed by atoms with E-state index in [2.05, 4.69) is 20.3 Å². The summed E-state index contributed by atoms with van der Waals surface area (Å²) < 4.78 is 4.64. The molecule has 0 amide bonds. The molecular weight excluding hydrogens is 218 g/mol. The zero-order chi connectivity index (χ0) is 12.1. The number of hydrazone groups is 1. The Hall–Kier alpha value is -2.17. The Bertz CT molecular complexity index is 466. The second-order valence-electron chi connectivity index (χ2n) is 3.51. The lowest BCUT2D eigenvalue weighted by Crippen LogP contribution is -2.22. The third-order valence-corrected chi connectivity index (χ3v) is 2.36. The molecule has 1 aliphatic rings. The molecule has 1 aromatic rings. The number of ether oxygens (including phenoxy) is 1. The van der Waals surface area contributed by atoms with Crippen molar-refractivity contribution in [2.24, 2.45) is 10.1 Å². The molecule has 0 atom stereocenters. The molecule has 0 aliphatic carbocycles. The summed E-state index contributed by atoms with van der Waals surface area (Å²) in [6.07, 6.45) is 0.657. The maximum Gasteiger partial charge on any atom is 0.358 e. The van der Waals surface area contributed by atoms with Crippen molar-refractivity contribution in [2.45, 2.75) is 6.42 Å². The van der Waals surface area contributed by atoms with Crippen molar-refractivity contribution >= 4 is 23.1 Å². The van der Waals surface area contributed by atoms with E-state index in [4.69, 9.17) is 0 Å². The van der Waals surface area contributed by atoms with Gasteiger partial charge in [-0.15, -0.1) is 0 Å². The number of hydrogen-bond acceptors (Lipinski definition) is 5. The van der Waals surface area contributed by atoms with Gasteiger partial charge < -0.3 is 4.74 Å². The number of carbonyl (C=O) groups excluding carboxylic acids is 1. The summed E-state index contributed by atoms with van der Waals surface area (Å²) in [5.74, 6) is -0.434. The van der Waals surface area contributed by atoms with Crippen molar-refractivity contribution in [3.63, 3.8) is 0 Å². The number of rotatable bonds is 3. The van der Waals surface area contributed by atoms with E-state index in [1.54, 1.807) is 0 Å². The minimum Gasteiger partial charge on any atom is -0.464 e. The smallest absolute Gasteiger partial charge is 0.358 e. The van der Waals surface area contributed by atoms with Crippen LogP contribution < -0.4 is 5.43 Å². The third-order valence-electron chi connectivity index (χ3n) is 2.36. The average molecular weight is 231 g/mol. The molecule has 0 spiro atoms. The highest BCUT2D eigenvalue weighted by Gasteiger charge is 2.23. The van der Waals surface area contributed by atoms with Crippen LogP contribution in [0.5, 0.6) is 0 Å². The van der Waals surface area contributed by atoms with Gasteiger partial charge in [-0.25, -0.2) is 4.79 Å². The molecule has 0 saturated carbocycles. The number of para-hydroxylation sites is 1. The van der Waals surface area contributed by atoms with Gasteiger partial charge in [-0.3, -0.25) is 10.4 Å². The molecule has 0 unspecified atom stereocenters. The zero-order valence-corrected chi connectivity index (χ0v) is 9.51. The first-order chi connectivity index (χ1) is 8.31. The lowest BCUT2D eigenvalue weighted by Gasteiger charge is -2.03.